The van der Waals surface area contributed by atoms with E-state index in [-0.39, 0.29) is 24.1 Å². The number of amides is 1. The maximum Gasteiger partial charge on any atom is 0.257 e. The summed E-state index contributed by atoms with van der Waals surface area (Å²) in [6.07, 6.45) is 0. The predicted molar refractivity (Wildman–Crippen MR) is 48.0 cm³/mol. The number of amidine groups is 1. The maximum absolute atomic E-state index is 11.0. The van der Waals surface area contributed by atoms with E-state index in [0.29, 0.717) is 11.1 Å². The van der Waals surface area contributed by atoms with Gasteiger partial charge in [-0.05, 0) is 6.07 Å². The molecule has 4 heteroatoms. The Labute approximate surface area is 75.7 Å². The van der Waals surface area contributed by atoms with Gasteiger partial charge in [-0.25, -0.2) is 0 Å². The van der Waals surface area contributed by atoms with Crippen molar-refractivity contribution in [1.82, 2.24) is 5.32 Å². The van der Waals surface area contributed by atoms with Crippen LogP contribution in [0.5, 0.6) is 0 Å². The predicted octanol–water partition coefficient (Wildman–Crippen LogP) is 1.18. The summed E-state index contributed by atoms with van der Waals surface area (Å²) in [5, 5.41) is 9.76. The molecule has 3 nitrogen and oxygen atoms in total. The molecule has 0 aromatic heterocycles. The van der Waals surface area contributed by atoms with Crippen LogP contribution in [-0.4, -0.2) is 11.7 Å². The average molecular weight is 183 g/mol. The second-order valence-electron chi connectivity index (χ2n) is 2.37. The summed E-state index contributed by atoms with van der Waals surface area (Å²) in [7, 11) is 0. The molecule has 0 saturated carbocycles. The van der Waals surface area contributed by atoms with E-state index in [9.17, 15) is 4.79 Å². The molecule has 1 aromatic carbocycles. The van der Waals surface area contributed by atoms with E-state index in [4.69, 9.17) is 5.41 Å². The van der Waals surface area contributed by atoms with Crippen molar-refractivity contribution in [2.45, 2.75) is 0 Å². The topological polar surface area (TPSA) is 53.0 Å². The van der Waals surface area contributed by atoms with Gasteiger partial charge in [-0.2, -0.15) is 0 Å². The van der Waals surface area contributed by atoms with Crippen LogP contribution in [0.4, 0.5) is 0 Å². The van der Waals surface area contributed by atoms with Crippen molar-refractivity contribution in [3.8, 4) is 0 Å². The summed E-state index contributed by atoms with van der Waals surface area (Å²) in [4.78, 5) is 11.0. The van der Waals surface area contributed by atoms with Crippen molar-refractivity contribution in [2.24, 2.45) is 0 Å². The Balaban J connectivity index is 0.000000720. The lowest BCUT2D eigenvalue weighted by atomic mass is 10.1. The normalized spacial score (nSPS) is 13.3. The Morgan fingerprint density at radius 3 is 2.33 bits per heavy atom. The zero-order valence-corrected chi connectivity index (χ0v) is 6.94. The summed E-state index contributed by atoms with van der Waals surface area (Å²) >= 11 is 0. The van der Waals surface area contributed by atoms with Crippen molar-refractivity contribution < 1.29 is 4.79 Å². The molecule has 2 N–H and O–H groups in total. The van der Waals surface area contributed by atoms with E-state index in [1.807, 2.05) is 6.07 Å². The Kier molecular flexibility index (Phi) is 2.15. The van der Waals surface area contributed by atoms with E-state index in [1.165, 1.54) is 0 Å². The van der Waals surface area contributed by atoms with Crippen molar-refractivity contribution in [1.29, 1.82) is 5.41 Å². The SMILES string of the molecule is Cl.N=C1NC(=O)c2ccccc21. The van der Waals surface area contributed by atoms with Gasteiger partial charge in [0.25, 0.3) is 5.91 Å². The zero-order valence-electron chi connectivity index (χ0n) is 6.13. The van der Waals surface area contributed by atoms with Gasteiger partial charge in [0.15, 0.2) is 0 Å². The molecule has 1 aromatic rings. The molecule has 0 bridgehead atoms. The highest BCUT2D eigenvalue weighted by Gasteiger charge is 2.22. The van der Waals surface area contributed by atoms with Gasteiger partial charge in [0.2, 0.25) is 0 Å². The second-order valence-corrected chi connectivity index (χ2v) is 2.37. The summed E-state index contributed by atoms with van der Waals surface area (Å²) in [6.45, 7) is 0. The van der Waals surface area contributed by atoms with Gasteiger partial charge in [0, 0.05) is 5.56 Å². The second kappa shape index (κ2) is 2.95. The summed E-state index contributed by atoms with van der Waals surface area (Å²) in [5.74, 6) is 0.0243. The molecule has 2 rings (SSSR count). The van der Waals surface area contributed by atoms with Crippen LogP contribution in [0.1, 0.15) is 15.9 Å². The summed E-state index contributed by atoms with van der Waals surface area (Å²) in [6, 6.07) is 7.08. The zero-order chi connectivity index (χ0) is 7.84. The van der Waals surface area contributed by atoms with E-state index < -0.39 is 0 Å². The number of nitrogens with one attached hydrogen (secondary N) is 2. The lowest BCUT2D eigenvalue weighted by Crippen LogP contribution is -2.19. The molecule has 0 atom stereocenters. The van der Waals surface area contributed by atoms with Crippen LogP contribution >= 0.6 is 12.4 Å². The highest BCUT2D eigenvalue weighted by atomic mass is 35.5. The molecule has 1 amide bonds. The van der Waals surface area contributed by atoms with Crippen LogP contribution < -0.4 is 5.32 Å². The Bertz CT molecular complexity index is 316. The number of carbonyl (C=O) groups excluding carboxylic acids is 1. The number of carbonyl (C=O) groups is 1. The number of rotatable bonds is 0. The number of halogens is 1. The maximum atomic E-state index is 11.0. The molecule has 0 radical (unpaired) electrons. The first-order valence-corrected chi connectivity index (χ1v) is 3.28. The third-order valence-corrected chi connectivity index (χ3v) is 1.68. The molecule has 0 unspecified atom stereocenters. The first-order valence-electron chi connectivity index (χ1n) is 3.28. The molecule has 0 saturated heterocycles. The fourth-order valence-corrected chi connectivity index (χ4v) is 1.15. The van der Waals surface area contributed by atoms with Gasteiger partial charge < -0.3 is 5.32 Å². The minimum Gasteiger partial charge on any atom is -0.307 e. The molecular formula is C8H7ClN2O. The number of fused-ring (bicyclic) bond motifs is 1. The summed E-state index contributed by atoms with van der Waals surface area (Å²) < 4.78 is 0. The molecule has 1 heterocycles. The molecule has 0 fully saturated rings. The van der Waals surface area contributed by atoms with E-state index in [0.717, 1.165) is 0 Å². The molecule has 1 aliphatic rings. The van der Waals surface area contributed by atoms with Crippen molar-refractivity contribution in [2.75, 3.05) is 0 Å². The average Bonchev–Trinajstić information content (AvgIpc) is 2.30. The quantitative estimate of drug-likeness (QED) is 0.622. The van der Waals surface area contributed by atoms with Crippen LogP contribution in [0.25, 0.3) is 0 Å². The minimum absolute atomic E-state index is 0. The van der Waals surface area contributed by atoms with Gasteiger partial charge in [-0.15, -0.1) is 12.4 Å². The fourth-order valence-electron chi connectivity index (χ4n) is 1.15. The van der Waals surface area contributed by atoms with Crippen LogP contribution in [0.15, 0.2) is 24.3 Å². The van der Waals surface area contributed by atoms with Gasteiger partial charge in [0.1, 0.15) is 5.84 Å². The number of benzene rings is 1. The van der Waals surface area contributed by atoms with Crippen molar-refractivity contribution in [3.63, 3.8) is 0 Å². The molecule has 62 valence electrons. The highest BCUT2D eigenvalue weighted by Crippen LogP contribution is 2.13. The fraction of sp³-hybridized carbons (Fsp3) is 0. The van der Waals surface area contributed by atoms with E-state index in [1.54, 1.807) is 18.2 Å². The highest BCUT2D eigenvalue weighted by molar-refractivity contribution is 6.22. The van der Waals surface area contributed by atoms with Crippen molar-refractivity contribution in [3.05, 3.63) is 35.4 Å². The van der Waals surface area contributed by atoms with Gasteiger partial charge in [0.05, 0.1) is 5.56 Å². The first-order chi connectivity index (χ1) is 5.29. The molecule has 12 heavy (non-hydrogen) atoms. The van der Waals surface area contributed by atoms with E-state index >= 15 is 0 Å². The minimum atomic E-state index is -0.175. The summed E-state index contributed by atoms with van der Waals surface area (Å²) in [5.41, 5.74) is 1.29. The third kappa shape index (κ3) is 1.08. The molecule has 0 aliphatic carbocycles. The molecule has 1 aliphatic heterocycles. The Hall–Kier alpha value is -1.35. The van der Waals surface area contributed by atoms with Crippen LogP contribution in [0, 0.1) is 5.41 Å². The Morgan fingerprint density at radius 2 is 1.75 bits per heavy atom. The first kappa shape index (κ1) is 8.74. The van der Waals surface area contributed by atoms with E-state index in [2.05, 4.69) is 5.32 Å². The van der Waals surface area contributed by atoms with Crippen molar-refractivity contribution >= 4 is 24.1 Å². The molecule has 0 spiro atoms. The lowest BCUT2D eigenvalue weighted by Gasteiger charge is -1.90. The smallest absolute Gasteiger partial charge is 0.257 e. The van der Waals surface area contributed by atoms with Crippen LogP contribution in [0.2, 0.25) is 0 Å². The monoisotopic (exact) mass is 182 g/mol. The van der Waals surface area contributed by atoms with Gasteiger partial charge in [-0.3, -0.25) is 10.2 Å². The third-order valence-electron chi connectivity index (χ3n) is 1.68. The number of hydrogen-bond donors (Lipinski definition) is 2. The largest absolute Gasteiger partial charge is 0.307 e. The van der Waals surface area contributed by atoms with Gasteiger partial charge in [-0.1, -0.05) is 18.2 Å². The Morgan fingerprint density at radius 1 is 1.17 bits per heavy atom. The standard InChI is InChI=1S/C8H6N2O.ClH/c9-7-5-3-1-2-4-6(5)8(11)10-7;/h1-4H,(H2,9,10,11);1H. The van der Waals surface area contributed by atoms with Crippen LogP contribution in [0.3, 0.4) is 0 Å². The van der Waals surface area contributed by atoms with Gasteiger partial charge >= 0.3 is 0 Å². The van der Waals surface area contributed by atoms with Crippen LogP contribution in [-0.2, 0) is 0 Å². The lowest BCUT2D eigenvalue weighted by molar-refractivity contribution is 0.0983. The number of hydrogen-bond acceptors (Lipinski definition) is 2. The molecular weight excluding hydrogens is 176 g/mol.